The average molecular weight is 174 g/mol. The van der Waals surface area contributed by atoms with E-state index in [1.54, 1.807) is 0 Å². The Morgan fingerprint density at radius 3 is 2.67 bits per heavy atom. The highest BCUT2D eigenvalue weighted by Crippen LogP contribution is 2.27. The van der Waals surface area contributed by atoms with Gasteiger partial charge in [-0.15, -0.1) is 0 Å². The molecule has 1 fully saturated rings. The van der Waals surface area contributed by atoms with Gasteiger partial charge >= 0.3 is 0 Å². The second-order valence-electron chi connectivity index (χ2n) is 3.86. The van der Waals surface area contributed by atoms with Crippen molar-refractivity contribution in [1.82, 2.24) is 0 Å². The number of aliphatic hydroxyl groups excluding tert-OH is 1. The highest BCUT2D eigenvalue weighted by molar-refractivity contribution is 4.75. The second-order valence-corrected chi connectivity index (χ2v) is 3.86. The zero-order valence-electron chi connectivity index (χ0n) is 8.04. The third kappa shape index (κ3) is 2.44. The van der Waals surface area contributed by atoms with E-state index in [9.17, 15) is 0 Å². The first-order valence-corrected chi connectivity index (χ1v) is 4.48. The molecule has 0 bridgehead atoms. The van der Waals surface area contributed by atoms with Gasteiger partial charge in [0, 0.05) is 6.61 Å². The lowest BCUT2D eigenvalue weighted by atomic mass is 10.0. The molecule has 1 heterocycles. The van der Waals surface area contributed by atoms with E-state index >= 15 is 0 Å². The van der Waals surface area contributed by atoms with Crippen LogP contribution in [-0.2, 0) is 9.47 Å². The summed E-state index contributed by atoms with van der Waals surface area (Å²) in [7, 11) is 0. The van der Waals surface area contributed by atoms with Gasteiger partial charge in [-0.2, -0.15) is 0 Å². The molecule has 0 saturated carbocycles. The average Bonchev–Trinajstić information content (AvgIpc) is 2.31. The molecule has 1 N–H and O–H groups in total. The molecule has 1 aliphatic rings. The summed E-state index contributed by atoms with van der Waals surface area (Å²) in [5.74, 6) is -0.0641. The lowest BCUT2D eigenvalue weighted by molar-refractivity contribution is -0.144. The molecule has 0 spiro atoms. The lowest BCUT2D eigenvalue weighted by Crippen LogP contribution is -2.25. The van der Waals surface area contributed by atoms with Crippen LogP contribution in [0.5, 0.6) is 0 Å². The molecule has 0 aromatic heterocycles. The van der Waals surface area contributed by atoms with Crippen molar-refractivity contribution in [2.24, 2.45) is 5.92 Å². The van der Waals surface area contributed by atoms with E-state index < -0.39 is 5.79 Å². The number of ether oxygens (including phenoxy) is 2. The minimum atomic E-state index is -0.436. The van der Waals surface area contributed by atoms with E-state index in [-0.39, 0.29) is 12.7 Å². The van der Waals surface area contributed by atoms with Crippen LogP contribution in [0.25, 0.3) is 0 Å². The topological polar surface area (TPSA) is 38.7 Å². The molecule has 3 heteroatoms. The lowest BCUT2D eigenvalue weighted by Gasteiger charge is -2.20. The van der Waals surface area contributed by atoms with Gasteiger partial charge in [-0.1, -0.05) is 6.92 Å². The summed E-state index contributed by atoms with van der Waals surface area (Å²) in [4.78, 5) is 0. The summed E-state index contributed by atoms with van der Waals surface area (Å²) in [6.45, 7) is 6.78. The molecule has 12 heavy (non-hydrogen) atoms. The largest absolute Gasteiger partial charge is 0.396 e. The Bertz CT molecular complexity index is 145. The van der Waals surface area contributed by atoms with E-state index in [0.717, 1.165) is 6.42 Å². The summed E-state index contributed by atoms with van der Waals surface area (Å²) >= 11 is 0. The first kappa shape index (κ1) is 9.96. The highest BCUT2D eigenvalue weighted by Gasteiger charge is 2.35. The summed E-state index contributed by atoms with van der Waals surface area (Å²) < 4.78 is 11.0. The van der Waals surface area contributed by atoms with Crippen molar-refractivity contribution in [3.63, 3.8) is 0 Å². The quantitative estimate of drug-likeness (QED) is 0.697. The molecule has 72 valence electrons. The van der Waals surface area contributed by atoms with Gasteiger partial charge in [0.1, 0.15) is 0 Å². The van der Waals surface area contributed by atoms with Crippen LogP contribution in [0.3, 0.4) is 0 Å². The number of aliphatic hydroxyl groups is 1. The number of rotatable bonds is 3. The van der Waals surface area contributed by atoms with Crippen molar-refractivity contribution in [1.29, 1.82) is 0 Å². The summed E-state index contributed by atoms with van der Waals surface area (Å²) in [5, 5.41) is 8.73. The fourth-order valence-electron chi connectivity index (χ4n) is 1.39. The Kier molecular flexibility index (Phi) is 3.09. The number of hydrogen-bond acceptors (Lipinski definition) is 3. The molecule has 0 aliphatic carbocycles. The van der Waals surface area contributed by atoms with Crippen molar-refractivity contribution in [3.05, 3.63) is 0 Å². The van der Waals surface area contributed by atoms with E-state index in [1.165, 1.54) is 0 Å². The SMILES string of the molecule is C[C@H](CCO)[C@H]1COC(C)(C)O1. The standard InChI is InChI=1S/C9H18O3/c1-7(4-5-10)8-6-11-9(2,3)12-8/h7-8,10H,4-6H2,1-3H3/t7-,8-/m1/s1. The van der Waals surface area contributed by atoms with Gasteiger partial charge in [0.2, 0.25) is 0 Å². The molecule has 0 aromatic rings. The minimum Gasteiger partial charge on any atom is -0.396 e. The second kappa shape index (κ2) is 3.73. The predicted octanol–water partition coefficient (Wildman–Crippen LogP) is 1.16. The molecule has 0 unspecified atom stereocenters. The van der Waals surface area contributed by atoms with Crippen LogP contribution in [0.2, 0.25) is 0 Å². The van der Waals surface area contributed by atoms with Gasteiger partial charge in [0.25, 0.3) is 0 Å². The van der Waals surface area contributed by atoms with Crippen LogP contribution in [0.1, 0.15) is 27.2 Å². The van der Waals surface area contributed by atoms with Gasteiger partial charge < -0.3 is 14.6 Å². The predicted molar refractivity (Wildman–Crippen MR) is 45.8 cm³/mol. The Hall–Kier alpha value is -0.120. The van der Waals surface area contributed by atoms with Crippen LogP contribution in [0.15, 0.2) is 0 Å². The highest BCUT2D eigenvalue weighted by atomic mass is 16.7. The fourth-order valence-corrected chi connectivity index (χ4v) is 1.39. The first-order valence-electron chi connectivity index (χ1n) is 4.48. The van der Waals surface area contributed by atoms with Crippen molar-refractivity contribution in [2.75, 3.05) is 13.2 Å². The molecule has 0 amide bonds. The van der Waals surface area contributed by atoms with Crippen molar-refractivity contribution >= 4 is 0 Å². The Labute approximate surface area is 73.7 Å². The van der Waals surface area contributed by atoms with Crippen molar-refractivity contribution < 1.29 is 14.6 Å². The van der Waals surface area contributed by atoms with Gasteiger partial charge in [-0.25, -0.2) is 0 Å². The molecule has 2 atom stereocenters. The van der Waals surface area contributed by atoms with Crippen molar-refractivity contribution in [2.45, 2.75) is 39.1 Å². The van der Waals surface area contributed by atoms with Crippen LogP contribution in [0.4, 0.5) is 0 Å². The maximum Gasteiger partial charge on any atom is 0.163 e. The van der Waals surface area contributed by atoms with Gasteiger partial charge in [-0.3, -0.25) is 0 Å². The fraction of sp³-hybridized carbons (Fsp3) is 1.00. The third-order valence-electron chi connectivity index (χ3n) is 2.25. The molecule has 1 saturated heterocycles. The maximum absolute atomic E-state index is 8.73. The molecule has 0 aromatic carbocycles. The normalized spacial score (nSPS) is 30.5. The van der Waals surface area contributed by atoms with Gasteiger partial charge in [0.15, 0.2) is 5.79 Å². The Morgan fingerprint density at radius 1 is 1.58 bits per heavy atom. The van der Waals surface area contributed by atoms with Crippen LogP contribution in [-0.4, -0.2) is 30.2 Å². The van der Waals surface area contributed by atoms with E-state index in [0.29, 0.717) is 12.5 Å². The molecule has 3 nitrogen and oxygen atoms in total. The molecular weight excluding hydrogens is 156 g/mol. The monoisotopic (exact) mass is 174 g/mol. The smallest absolute Gasteiger partial charge is 0.163 e. The van der Waals surface area contributed by atoms with Gasteiger partial charge in [0.05, 0.1) is 12.7 Å². The Balaban J connectivity index is 2.36. The zero-order chi connectivity index (χ0) is 9.19. The molecular formula is C9H18O3. The summed E-state index contributed by atoms with van der Waals surface area (Å²) in [6.07, 6.45) is 0.927. The first-order chi connectivity index (χ1) is 5.55. The Morgan fingerprint density at radius 2 is 2.25 bits per heavy atom. The molecule has 1 aliphatic heterocycles. The maximum atomic E-state index is 8.73. The number of hydrogen-bond donors (Lipinski definition) is 1. The minimum absolute atomic E-state index is 0.146. The van der Waals surface area contributed by atoms with Crippen molar-refractivity contribution in [3.8, 4) is 0 Å². The summed E-state index contributed by atoms with van der Waals surface area (Å²) in [5.41, 5.74) is 0. The third-order valence-corrected chi connectivity index (χ3v) is 2.25. The van der Waals surface area contributed by atoms with Gasteiger partial charge in [-0.05, 0) is 26.2 Å². The molecule has 1 rings (SSSR count). The zero-order valence-corrected chi connectivity index (χ0v) is 8.04. The van der Waals surface area contributed by atoms with Crippen LogP contribution in [0, 0.1) is 5.92 Å². The summed E-state index contributed by atoms with van der Waals surface area (Å²) in [6, 6.07) is 0. The van der Waals surface area contributed by atoms with E-state index in [2.05, 4.69) is 6.92 Å². The van der Waals surface area contributed by atoms with Crippen LogP contribution >= 0.6 is 0 Å². The molecule has 0 radical (unpaired) electrons. The van der Waals surface area contributed by atoms with E-state index in [1.807, 2.05) is 13.8 Å². The van der Waals surface area contributed by atoms with Crippen LogP contribution < -0.4 is 0 Å². The van der Waals surface area contributed by atoms with E-state index in [4.69, 9.17) is 14.6 Å².